The van der Waals surface area contributed by atoms with Crippen molar-refractivity contribution in [2.45, 2.75) is 19.9 Å². The zero-order valence-electron chi connectivity index (χ0n) is 8.90. The average Bonchev–Trinajstić information content (AvgIpc) is 2.63. The Labute approximate surface area is 94.0 Å². The van der Waals surface area contributed by atoms with Crippen molar-refractivity contribution in [3.05, 3.63) is 4.77 Å². The van der Waals surface area contributed by atoms with Crippen LogP contribution in [0.1, 0.15) is 13.3 Å². The van der Waals surface area contributed by atoms with Crippen LogP contribution < -0.4 is 4.90 Å². The summed E-state index contributed by atoms with van der Waals surface area (Å²) in [5.41, 5.74) is 0. The second-order valence-electron chi connectivity index (χ2n) is 3.58. The van der Waals surface area contributed by atoms with Gasteiger partial charge in [0.25, 0.3) is 0 Å². The number of nitrogens with zero attached hydrogens (tertiary/aromatic N) is 3. The first-order chi connectivity index (χ1) is 7.33. The number of rotatable bonds is 3. The van der Waals surface area contributed by atoms with Gasteiger partial charge < -0.3 is 9.64 Å². The van der Waals surface area contributed by atoms with Crippen molar-refractivity contribution in [3.8, 4) is 0 Å². The number of nitrogens with one attached hydrogen (secondary N) is 1. The minimum absolute atomic E-state index is 0.707. The molecule has 1 fully saturated rings. The van der Waals surface area contributed by atoms with E-state index in [1.54, 1.807) is 0 Å². The van der Waals surface area contributed by atoms with Crippen LogP contribution in [0.2, 0.25) is 0 Å². The Morgan fingerprint density at radius 2 is 2.20 bits per heavy atom. The first-order valence-corrected chi connectivity index (χ1v) is 5.71. The highest BCUT2D eigenvalue weighted by molar-refractivity contribution is 7.71. The lowest BCUT2D eigenvalue weighted by molar-refractivity contribution is 0.121. The monoisotopic (exact) mass is 228 g/mol. The summed E-state index contributed by atoms with van der Waals surface area (Å²) >= 11 is 5.19. The summed E-state index contributed by atoms with van der Waals surface area (Å²) in [6.07, 6.45) is 1.06. The lowest BCUT2D eigenvalue weighted by Gasteiger charge is -2.27. The fourth-order valence-electron chi connectivity index (χ4n) is 1.74. The normalized spacial score (nSPS) is 17.0. The number of aromatic nitrogens is 3. The summed E-state index contributed by atoms with van der Waals surface area (Å²) in [5, 5.41) is 7.13. The van der Waals surface area contributed by atoms with E-state index in [4.69, 9.17) is 17.0 Å². The van der Waals surface area contributed by atoms with Gasteiger partial charge in [-0.25, -0.2) is 5.10 Å². The van der Waals surface area contributed by atoms with Crippen molar-refractivity contribution in [1.29, 1.82) is 0 Å². The van der Waals surface area contributed by atoms with Crippen LogP contribution >= 0.6 is 12.2 Å². The van der Waals surface area contributed by atoms with Crippen LogP contribution in [0, 0.1) is 4.77 Å². The van der Waals surface area contributed by atoms with Gasteiger partial charge in [-0.05, 0) is 18.6 Å². The second-order valence-corrected chi connectivity index (χ2v) is 3.97. The van der Waals surface area contributed by atoms with Crippen molar-refractivity contribution in [2.75, 3.05) is 31.2 Å². The van der Waals surface area contributed by atoms with E-state index in [1.165, 1.54) is 0 Å². The summed E-state index contributed by atoms with van der Waals surface area (Å²) in [4.78, 5) is 2.21. The van der Waals surface area contributed by atoms with Gasteiger partial charge in [-0.1, -0.05) is 6.92 Å². The molecule has 0 atom stereocenters. The average molecular weight is 228 g/mol. The molecule has 0 spiro atoms. The summed E-state index contributed by atoms with van der Waals surface area (Å²) < 4.78 is 8.08. The number of H-pyrrole nitrogens is 1. The molecule has 0 amide bonds. The molecule has 1 saturated heterocycles. The van der Waals surface area contributed by atoms with Crippen molar-refractivity contribution >= 4 is 18.2 Å². The number of ether oxygens (including phenoxy) is 1. The van der Waals surface area contributed by atoms with Crippen LogP contribution in [-0.4, -0.2) is 41.1 Å². The first-order valence-electron chi connectivity index (χ1n) is 5.31. The number of hydrogen-bond donors (Lipinski definition) is 1. The van der Waals surface area contributed by atoms with Crippen molar-refractivity contribution in [2.24, 2.45) is 0 Å². The van der Waals surface area contributed by atoms with Gasteiger partial charge in [-0.15, -0.1) is 5.10 Å². The lowest BCUT2D eigenvalue weighted by atomic mass is 10.4. The number of aromatic amines is 1. The molecule has 2 heterocycles. The highest BCUT2D eigenvalue weighted by Gasteiger charge is 2.16. The fraction of sp³-hybridized carbons (Fsp3) is 0.778. The largest absolute Gasteiger partial charge is 0.378 e. The summed E-state index contributed by atoms with van der Waals surface area (Å²) in [6, 6.07) is 0. The van der Waals surface area contributed by atoms with Gasteiger partial charge in [0, 0.05) is 19.6 Å². The molecule has 2 rings (SSSR count). The minimum Gasteiger partial charge on any atom is -0.378 e. The Balaban J connectivity index is 2.22. The molecule has 1 aromatic rings. The molecular weight excluding hydrogens is 212 g/mol. The maximum Gasteiger partial charge on any atom is 0.225 e. The van der Waals surface area contributed by atoms with E-state index in [0.29, 0.717) is 4.77 Å². The topological polar surface area (TPSA) is 46.1 Å². The molecule has 0 radical (unpaired) electrons. The number of hydrogen-bond acceptors (Lipinski definition) is 4. The van der Waals surface area contributed by atoms with E-state index in [9.17, 15) is 0 Å². The van der Waals surface area contributed by atoms with Crippen LogP contribution in [0.5, 0.6) is 0 Å². The molecule has 0 bridgehead atoms. The van der Waals surface area contributed by atoms with Crippen LogP contribution in [0.25, 0.3) is 0 Å². The summed E-state index contributed by atoms with van der Waals surface area (Å²) in [5.74, 6) is 0.949. The first kappa shape index (κ1) is 10.6. The van der Waals surface area contributed by atoms with E-state index >= 15 is 0 Å². The highest BCUT2D eigenvalue weighted by atomic mass is 32.1. The van der Waals surface area contributed by atoms with Crippen LogP contribution in [-0.2, 0) is 11.3 Å². The quantitative estimate of drug-likeness (QED) is 0.789. The zero-order chi connectivity index (χ0) is 10.7. The minimum atomic E-state index is 0.707. The van der Waals surface area contributed by atoms with Crippen molar-refractivity contribution in [1.82, 2.24) is 14.8 Å². The van der Waals surface area contributed by atoms with Crippen LogP contribution in [0.4, 0.5) is 5.95 Å². The smallest absolute Gasteiger partial charge is 0.225 e. The zero-order valence-corrected chi connectivity index (χ0v) is 9.72. The Hall–Kier alpha value is -0.880. The molecular formula is C9H16N4OS. The van der Waals surface area contributed by atoms with Gasteiger partial charge >= 0.3 is 0 Å². The van der Waals surface area contributed by atoms with Crippen molar-refractivity contribution < 1.29 is 4.74 Å². The third kappa shape index (κ3) is 2.21. The molecule has 6 heteroatoms. The maximum absolute atomic E-state index is 5.31. The Morgan fingerprint density at radius 1 is 1.47 bits per heavy atom. The standard InChI is InChI=1S/C9H16N4OS/c1-2-3-13-8(10-11-9(13)15)12-4-6-14-7-5-12/h2-7H2,1H3,(H,11,15). The number of anilines is 1. The van der Waals surface area contributed by atoms with Gasteiger partial charge in [0.05, 0.1) is 13.2 Å². The summed E-state index contributed by atoms with van der Waals surface area (Å²) in [6.45, 7) is 6.38. The van der Waals surface area contributed by atoms with Crippen molar-refractivity contribution in [3.63, 3.8) is 0 Å². The third-order valence-corrected chi connectivity index (χ3v) is 2.79. The molecule has 1 N–H and O–H groups in total. The van der Waals surface area contributed by atoms with E-state index < -0.39 is 0 Å². The van der Waals surface area contributed by atoms with Gasteiger partial charge in [0.2, 0.25) is 5.95 Å². The fourth-order valence-corrected chi connectivity index (χ4v) is 1.96. The van der Waals surface area contributed by atoms with E-state index in [-0.39, 0.29) is 0 Å². The SMILES string of the molecule is CCCn1c(N2CCOCC2)n[nH]c1=S. The highest BCUT2D eigenvalue weighted by Crippen LogP contribution is 2.13. The van der Waals surface area contributed by atoms with Crippen LogP contribution in [0.3, 0.4) is 0 Å². The molecule has 0 aliphatic carbocycles. The molecule has 0 saturated carbocycles. The lowest BCUT2D eigenvalue weighted by Crippen LogP contribution is -2.38. The number of morpholine rings is 1. The predicted octanol–water partition coefficient (Wildman–Crippen LogP) is 1.19. The molecule has 0 aromatic carbocycles. The molecule has 84 valence electrons. The van der Waals surface area contributed by atoms with E-state index in [0.717, 1.165) is 45.2 Å². The molecule has 15 heavy (non-hydrogen) atoms. The molecule has 1 aromatic heterocycles. The molecule has 0 unspecified atom stereocenters. The van der Waals surface area contributed by atoms with Gasteiger partial charge in [-0.2, -0.15) is 0 Å². The van der Waals surface area contributed by atoms with E-state index in [1.807, 2.05) is 0 Å². The summed E-state index contributed by atoms with van der Waals surface area (Å²) in [7, 11) is 0. The van der Waals surface area contributed by atoms with E-state index in [2.05, 4.69) is 26.6 Å². The molecule has 5 nitrogen and oxygen atoms in total. The Kier molecular flexibility index (Phi) is 3.37. The Morgan fingerprint density at radius 3 is 2.87 bits per heavy atom. The second kappa shape index (κ2) is 4.76. The molecule has 1 aliphatic rings. The third-order valence-electron chi connectivity index (χ3n) is 2.48. The van der Waals surface area contributed by atoms with Gasteiger partial charge in [0.1, 0.15) is 0 Å². The van der Waals surface area contributed by atoms with Crippen LogP contribution in [0.15, 0.2) is 0 Å². The molecule has 1 aliphatic heterocycles. The predicted molar refractivity (Wildman–Crippen MR) is 60.7 cm³/mol. The van der Waals surface area contributed by atoms with Gasteiger partial charge in [-0.3, -0.25) is 4.57 Å². The Bertz CT molecular complexity index is 366. The van der Waals surface area contributed by atoms with Gasteiger partial charge in [0.15, 0.2) is 4.77 Å². The maximum atomic E-state index is 5.31.